The smallest absolute Gasteiger partial charge is 0.333 e. The lowest BCUT2D eigenvalue weighted by atomic mass is 9.42. The molecule has 0 N–H and O–H groups in total. The summed E-state index contributed by atoms with van der Waals surface area (Å²) in [6.45, 7) is 26.5. The molecule has 0 amide bonds. The van der Waals surface area contributed by atoms with Crippen LogP contribution in [0.5, 0.6) is 0 Å². The molecule has 334 valence electrons. The topological polar surface area (TPSA) is 19.6 Å². The lowest BCUT2D eigenvalue weighted by Crippen LogP contribution is -2.62. The number of fused-ring (bicyclic) bond motifs is 13. The van der Waals surface area contributed by atoms with E-state index in [4.69, 9.17) is 4.42 Å². The Kier molecular flexibility index (Phi) is 8.33. The van der Waals surface area contributed by atoms with Gasteiger partial charge in [-0.1, -0.05) is 137 Å². The Hall–Kier alpha value is -5.78. The predicted molar refractivity (Wildman–Crippen MR) is 290 cm³/mol. The number of benzene rings is 7. The van der Waals surface area contributed by atoms with Crippen LogP contribution < -0.4 is 20.6 Å². The predicted octanol–water partition coefficient (Wildman–Crippen LogP) is 16.7. The number of rotatable bonds is 2. The Morgan fingerprint density at radius 2 is 1.12 bits per heavy atom. The molecule has 3 nitrogen and oxygen atoms in total. The summed E-state index contributed by atoms with van der Waals surface area (Å²) in [6.07, 6.45) is 4.65. The number of para-hydroxylation sites is 1. The van der Waals surface area contributed by atoms with Crippen LogP contribution >= 0.6 is 11.3 Å². The molecule has 67 heavy (non-hydrogen) atoms. The van der Waals surface area contributed by atoms with Crippen molar-refractivity contribution in [3.05, 3.63) is 149 Å². The fourth-order valence-corrected chi connectivity index (χ4v) is 14.0. The van der Waals surface area contributed by atoms with E-state index in [0.717, 1.165) is 35.8 Å². The summed E-state index contributed by atoms with van der Waals surface area (Å²) in [5.74, 6) is 0. The van der Waals surface area contributed by atoms with E-state index in [-0.39, 0.29) is 33.9 Å². The monoisotopic (exact) mass is 892 g/mol. The number of nitrogens with zero attached hydrogens (tertiary/aromatic N) is 2. The molecule has 2 aromatic heterocycles. The van der Waals surface area contributed by atoms with Gasteiger partial charge in [-0.25, -0.2) is 0 Å². The van der Waals surface area contributed by atoms with Gasteiger partial charge in [-0.15, -0.1) is 11.3 Å². The van der Waals surface area contributed by atoms with Crippen molar-refractivity contribution in [3.8, 4) is 11.1 Å². The Morgan fingerprint density at radius 1 is 0.522 bits per heavy atom. The van der Waals surface area contributed by atoms with Gasteiger partial charge >= 0.3 is 6.85 Å². The van der Waals surface area contributed by atoms with Gasteiger partial charge in [0.1, 0.15) is 5.58 Å². The summed E-state index contributed by atoms with van der Waals surface area (Å²) >= 11 is 1.91. The molecule has 0 atom stereocenters. The lowest BCUT2D eigenvalue weighted by molar-refractivity contribution is 0.332. The maximum absolute atomic E-state index is 7.30. The Labute approximate surface area is 400 Å². The average Bonchev–Trinajstić information content (AvgIpc) is 3.86. The lowest BCUT2D eigenvalue weighted by Gasteiger charge is -2.48. The number of hydrogen-bond donors (Lipinski definition) is 0. The minimum Gasteiger partial charge on any atom is -0.454 e. The van der Waals surface area contributed by atoms with Crippen molar-refractivity contribution in [2.75, 3.05) is 9.71 Å². The second kappa shape index (κ2) is 13.5. The zero-order valence-electron chi connectivity index (χ0n) is 41.2. The van der Waals surface area contributed by atoms with Crippen LogP contribution in [-0.2, 0) is 27.1 Å². The van der Waals surface area contributed by atoms with Gasteiger partial charge in [0, 0.05) is 59.3 Å². The quantitative estimate of drug-likeness (QED) is 0.161. The van der Waals surface area contributed by atoms with Crippen molar-refractivity contribution in [1.29, 1.82) is 0 Å². The van der Waals surface area contributed by atoms with E-state index in [9.17, 15) is 0 Å². The Morgan fingerprint density at radius 3 is 1.82 bits per heavy atom. The van der Waals surface area contributed by atoms with Gasteiger partial charge in [0.15, 0.2) is 5.58 Å². The van der Waals surface area contributed by atoms with Crippen molar-refractivity contribution in [3.63, 3.8) is 0 Å². The van der Waals surface area contributed by atoms with E-state index in [0.29, 0.717) is 0 Å². The molecule has 0 saturated heterocycles. The SMILES string of the molecule is CC(C)(C)c1ccc(N2B3c4cc5c(cc4N(c4ccc6c(c4)C(C)(C)CCC6(C)C)c4c3c(cc3c4oc4ccccc43)-c3cc4c(cc32)sc2ccccc24)C(C)(C)CCC5(C)C)cc1. The summed E-state index contributed by atoms with van der Waals surface area (Å²) in [5, 5.41) is 4.96. The van der Waals surface area contributed by atoms with Crippen LogP contribution in [0.1, 0.15) is 130 Å². The van der Waals surface area contributed by atoms with E-state index in [2.05, 4.69) is 207 Å². The number of furan rings is 1. The molecule has 4 aliphatic rings. The second-order valence-corrected chi connectivity index (χ2v) is 25.3. The second-order valence-electron chi connectivity index (χ2n) is 24.3. The average molecular weight is 893 g/mol. The molecule has 0 saturated carbocycles. The summed E-state index contributed by atoms with van der Waals surface area (Å²) in [6, 6.07) is 47.5. The van der Waals surface area contributed by atoms with Crippen LogP contribution in [0.3, 0.4) is 0 Å². The highest BCUT2D eigenvalue weighted by Gasteiger charge is 2.50. The third-order valence-electron chi connectivity index (χ3n) is 17.1. The van der Waals surface area contributed by atoms with Crippen LogP contribution in [0.2, 0.25) is 0 Å². The van der Waals surface area contributed by atoms with Gasteiger partial charge in [-0.05, 0) is 158 Å². The fourth-order valence-electron chi connectivity index (χ4n) is 12.9. The molecule has 4 heterocycles. The molecule has 0 fully saturated rings. The molecule has 2 aliphatic heterocycles. The standard InChI is InChI=1S/C62H61BN2OS/c1-58(2,3)36-20-22-37(23-21-36)65-50-35-54-42(40-17-13-15-19-53(40)67-54)31-41(50)43-32-44-39-16-12-14-18-52(39)66-57(44)56-55(43)63(65)49-33-47-48(62(10,11)29-28-61(47,8)9)34-51(49)64(56)38-24-25-45-46(30-38)60(6,7)27-26-59(45,4)5/h12-25,30-35H,26-29H2,1-11H3. The van der Waals surface area contributed by atoms with Crippen LogP contribution in [0, 0.1) is 0 Å². The van der Waals surface area contributed by atoms with Crippen LogP contribution in [0.25, 0.3) is 53.2 Å². The van der Waals surface area contributed by atoms with Crippen molar-refractivity contribution in [1.82, 2.24) is 0 Å². The van der Waals surface area contributed by atoms with Crippen LogP contribution in [0.15, 0.2) is 126 Å². The third kappa shape index (κ3) is 5.82. The first kappa shape index (κ1) is 41.4. The molecular formula is C62H61BN2OS. The summed E-state index contributed by atoms with van der Waals surface area (Å²) in [5.41, 5.74) is 20.7. The minimum atomic E-state index is -0.132. The summed E-state index contributed by atoms with van der Waals surface area (Å²) < 4.78 is 9.95. The third-order valence-corrected chi connectivity index (χ3v) is 18.3. The highest BCUT2D eigenvalue weighted by Crippen LogP contribution is 2.56. The van der Waals surface area contributed by atoms with Crippen molar-refractivity contribution in [2.24, 2.45) is 0 Å². The van der Waals surface area contributed by atoms with Gasteiger partial charge in [0.25, 0.3) is 0 Å². The molecule has 9 aromatic rings. The van der Waals surface area contributed by atoms with Crippen molar-refractivity contribution >= 4 is 99.7 Å². The summed E-state index contributed by atoms with van der Waals surface area (Å²) in [4.78, 5) is 5.38. The zero-order valence-corrected chi connectivity index (χ0v) is 42.0. The highest BCUT2D eigenvalue weighted by atomic mass is 32.1. The first-order valence-electron chi connectivity index (χ1n) is 24.8. The van der Waals surface area contributed by atoms with E-state index < -0.39 is 0 Å². The Bertz CT molecular complexity index is 3590. The highest BCUT2D eigenvalue weighted by molar-refractivity contribution is 7.25. The fraction of sp³-hybridized carbons (Fsp3) is 0.323. The molecule has 5 heteroatoms. The van der Waals surface area contributed by atoms with Crippen LogP contribution in [-0.4, -0.2) is 6.85 Å². The molecule has 2 aliphatic carbocycles. The molecule has 7 aromatic carbocycles. The van der Waals surface area contributed by atoms with Crippen LogP contribution in [0.4, 0.5) is 28.4 Å². The number of anilines is 5. The molecule has 0 radical (unpaired) electrons. The van der Waals surface area contributed by atoms with E-state index >= 15 is 0 Å². The maximum atomic E-state index is 7.30. The molecule has 0 bridgehead atoms. The van der Waals surface area contributed by atoms with Gasteiger partial charge in [-0.3, -0.25) is 0 Å². The molecule has 0 spiro atoms. The van der Waals surface area contributed by atoms with Gasteiger partial charge in [-0.2, -0.15) is 0 Å². The Balaban J connectivity index is 1.22. The molecular weight excluding hydrogens is 832 g/mol. The first-order valence-corrected chi connectivity index (χ1v) is 25.6. The van der Waals surface area contributed by atoms with E-state index in [1.165, 1.54) is 110 Å². The van der Waals surface area contributed by atoms with E-state index in [1.807, 2.05) is 11.3 Å². The normalized spacial score (nSPS) is 18.5. The number of thiophene rings is 1. The zero-order chi connectivity index (χ0) is 46.3. The van der Waals surface area contributed by atoms with Gasteiger partial charge in [0.05, 0.1) is 5.69 Å². The summed E-state index contributed by atoms with van der Waals surface area (Å²) in [7, 11) is 0. The van der Waals surface area contributed by atoms with E-state index in [1.54, 1.807) is 0 Å². The minimum absolute atomic E-state index is 0.0126. The van der Waals surface area contributed by atoms with Crippen molar-refractivity contribution in [2.45, 2.75) is 129 Å². The largest absolute Gasteiger partial charge is 0.454 e. The molecule has 0 unspecified atom stereocenters. The maximum Gasteiger partial charge on any atom is 0.333 e. The van der Waals surface area contributed by atoms with Gasteiger partial charge in [0.2, 0.25) is 0 Å². The first-order chi connectivity index (χ1) is 31.8. The van der Waals surface area contributed by atoms with Crippen molar-refractivity contribution < 1.29 is 4.42 Å². The van der Waals surface area contributed by atoms with Gasteiger partial charge < -0.3 is 14.1 Å². The molecule has 13 rings (SSSR count). The number of hydrogen-bond acceptors (Lipinski definition) is 4.